The number of carboxylic acid groups (broad SMARTS) is 4. The van der Waals surface area contributed by atoms with E-state index in [2.05, 4.69) is 20.0 Å². The van der Waals surface area contributed by atoms with Crippen molar-refractivity contribution in [1.29, 1.82) is 0 Å². The second-order valence-corrected chi connectivity index (χ2v) is 17.2. The molecule has 0 unspecified atom stereocenters. The molecule has 0 aliphatic heterocycles. The standard InChI is InChI=1S/2C25H20F6N2O.4C2H4O2.4Cu.O/c2*1-16-8-19(14-32-12-17-4-2-6-21(10-17)24(26,27)28)23(34)20(9-16)15-33-13-18-5-3-7-22(11-18)25(29,30)31;4*1-2(3)4;;;;;/h2*2-11,14-15,34H,12-13H2,1H3;4*1H3,(H,3,4);;;;;/q;;;;;;4*+2;-2/p-6. The monoisotopic (exact) mass is 1460 g/mol. The number of hydrogen-bond donors (Lipinski definition) is 0. The molecule has 15 nitrogen and oxygen atoms in total. The van der Waals surface area contributed by atoms with Crippen molar-refractivity contribution in [3.8, 4) is 11.5 Å². The first kappa shape index (κ1) is 90.4. The number of carbonyl (C=O) groups excluding carboxylic acids is 4. The Morgan fingerprint density at radius 1 is 0.360 bits per heavy atom. The molecule has 4 radical (unpaired) electrons. The molecule has 89 heavy (non-hydrogen) atoms. The van der Waals surface area contributed by atoms with Crippen LogP contribution in [0.3, 0.4) is 0 Å². The summed E-state index contributed by atoms with van der Waals surface area (Å²) >= 11 is 0. The number of aliphatic imine (C=N–C) groups is 4. The van der Waals surface area contributed by atoms with Crippen molar-refractivity contribution in [2.24, 2.45) is 20.0 Å². The van der Waals surface area contributed by atoms with Crippen molar-refractivity contribution in [3.63, 3.8) is 0 Å². The third kappa shape index (κ3) is 39.3. The number of rotatable bonds is 12. The average Bonchev–Trinajstić information content (AvgIpc) is 3.37. The Labute approximate surface area is 545 Å². The molecule has 496 valence electrons. The quantitative estimate of drug-likeness (QED) is 0.0657. The van der Waals surface area contributed by atoms with Gasteiger partial charge in [-0.15, -0.1) is 0 Å². The van der Waals surface area contributed by atoms with Crippen molar-refractivity contribution in [2.75, 3.05) is 0 Å². The zero-order chi connectivity index (χ0) is 64.2. The summed E-state index contributed by atoms with van der Waals surface area (Å²) in [6, 6.07) is 25.4. The van der Waals surface area contributed by atoms with Gasteiger partial charge in [0.05, 0.1) is 48.4 Å². The van der Waals surface area contributed by atoms with E-state index in [0.717, 1.165) is 87.4 Å². The molecule has 0 N–H and O–H groups in total. The Morgan fingerprint density at radius 3 is 0.663 bits per heavy atom. The van der Waals surface area contributed by atoms with Gasteiger partial charge in [-0.1, -0.05) is 84.3 Å². The molecule has 0 aliphatic rings. The zero-order valence-corrected chi connectivity index (χ0v) is 50.5. The van der Waals surface area contributed by atoms with Crippen LogP contribution in [-0.4, -0.2) is 48.7 Å². The summed E-state index contributed by atoms with van der Waals surface area (Å²) < 4.78 is 154. The second-order valence-electron chi connectivity index (χ2n) is 17.2. The third-order valence-electron chi connectivity index (χ3n) is 9.62. The smallest absolute Gasteiger partial charge is 2.00 e. The minimum absolute atomic E-state index is 0. The summed E-state index contributed by atoms with van der Waals surface area (Å²) in [5.41, 5.74) is 0.616. The van der Waals surface area contributed by atoms with Crippen molar-refractivity contribution in [1.82, 2.24) is 0 Å². The topological polar surface area (TPSA) is 285 Å². The first-order valence-electron chi connectivity index (χ1n) is 23.8. The van der Waals surface area contributed by atoms with E-state index >= 15 is 0 Å². The molecule has 0 amide bonds. The molecule has 0 spiro atoms. The van der Waals surface area contributed by atoms with Crippen LogP contribution in [0.25, 0.3) is 0 Å². The molecule has 0 saturated heterocycles. The molecule has 0 atom stereocenters. The van der Waals surface area contributed by atoms with Crippen LogP contribution in [0.2, 0.25) is 0 Å². The predicted molar refractivity (Wildman–Crippen MR) is 276 cm³/mol. The van der Waals surface area contributed by atoms with Crippen molar-refractivity contribution < 1.29 is 176 Å². The zero-order valence-electron chi connectivity index (χ0n) is 46.7. The van der Waals surface area contributed by atoms with Gasteiger partial charge in [0.2, 0.25) is 0 Å². The number of aliphatic carboxylic acids is 4. The minimum Gasteiger partial charge on any atom is -2.00 e. The summed E-state index contributed by atoms with van der Waals surface area (Å²) in [6.07, 6.45) is -12.7. The van der Waals surface area contributed by atoms with Gasteiger partial charge in [-0.05, 0) is 146 Å². The van der Waals surface area contributed by atoms with Gasteiger partial charge < -0.3 is 55.3 Å². The van der Waals surface area contributed by atoms with Crippen LogP contribution in [0, 0.1) is 13.8 Å². The SMILES string of the molecule is CC(=O)[O-].CC(=O)[O-].CC(=O)[O-].CC(=O)[O-].Cc1cc(C=NCc2cccc(C(F)(F)F)c2)c([O-])c(C=NCc2cccc(C(F)(F)F)c2)c1.Cc1cc(C=NCc2cccc(C(F)(F)F)c2)c([O-])c(C=NCc2cccc(C(F)(F)F)c2)c1.[Cu+2].[Cu+2].[Cu+2].[Cu+2].[O-2]. The van der Waals surface area contributed by atoms with Crippen LogP contribution in [0.1, 0.15) is 106 Å². The van der Waals surface area contributed by atoms with Gasteiger partial charge in [-0.25, -0.2) is 0 Å². The molecule has 0 saturated carbocycles. The Kier molecular flexibility index (Phi) is 44.1. The third-order valence-corrected chi connectivity index (χ3v) is 9.62. The molecule has 0 fully saturated rings. The van der Waals surface area contributed by atoms with Crippen molar-refractivity contribution >= 4 is 48.7 Å². The van der Waals surface area contributed by atoms with Crippen LogP contribution in [0.4, 0.5) is 52.7 Å². The number of carbonyl (C=O) groups is 4. The first-order valence-corrected chi connectivity index (χ1v) is 23.8. The van der Waals surface area contributed by atoms with Crippen molar-refractivity contribution in [2.45, 2.75) is 92.4 Å². The molecule has 6 aromatic carbocycles. The van der Waals surface area contributed by atoms with E-state index in [4.69, 9.17) is 39.6 Å². The summed E-state index contributed by atoms with van der Waals surface area (Å²) in [4.78, 5) is 51.9. The van der Waals surface area contributed by atoms with Gasteiger partial charge in [-0.3, -0.25) is 20.0 Å². The van der Waals surface area contributed by atoms with Gasteiger partial charge in [0.1, 0.15) is 0 Å². The number of halogens is 12. The van der Waals surface area contributed by atoms with Crippen LogP contribution >= 0.6 is 0 Å². The maximum atomic E-state index is 12.8. The van der Waals surface area contributed by atoms with Gasteiger partial charge in [0.15, 0.2) is 0 Å². The number of benzene rings is 6. The maximum absolute atomic E-state index is 12.8. The Hall–Kier alpha value is -7.32. The summed E-state index contributed by atoms with van der Waals surface area (Å²) in [6.45, 7) is 7.19. The van der Waals surface area contributed by atoms with Gasteiger partial charge in [0.25, 0.3) is 0 Å². The number of carboxylic acids is 4. The number of hydrogen-bond acceptors (Lipinski definition) is 14. The maximum Gasteiger partial charge on any atom is 2.00 e. The first-order chi connectivity index (χ1) is 38.8. The van der Waals surface area contributed by atoms with Gasteiger partial charge in [-0.2, -0.15) is 52.7 Å². The molecule has 0 heterocycles. The number of nitrogens with zero attached hydrogens (tertiary/aromatic N) is 4. The van der Waals surface area contributed by atoms with E-state index in [9.17, 15) is 62.9 Å². The average molecular weight is 1460 g/mol. The van der Waals surface area contributed by atoms with Crippen LogP contribution in [-0.2, 0) is 144 Å². The fraction of sp³-hybridized carbons (Fsp3) is 0.241. The minimum atomic E-state index is -4.46. The number of alkyl halides is 12. The van der Waals surface area contributed by atoms with Gasteiger partial charge >= 0.3 is 93.0 Å². The Bertz CT molecular complexity index is 2850. The molecule has 0 aromatic heterocycles. The largest absolute Gasteiger partial charge is 2.00 e. The number of aryl methyl sites for hydroxylation is 2. The summed E-state index contributed by atoms with van der Waals surface area (Å²) in [7, 11) is 0. The normalized spacial score (nSPS) is 10.8. The molecule has 6 rings (SSSR count). The molecule has 0 bridgehead atoms. The fourth-order valence-corrected chi connectivity index (χ4v) is 6.43. The molecule has 6 aromatic rings. The van der Waals surface area contributed by atoms with Crippen molar-refractivity contribution in [3.05, 3.63) is 199 Å². The second kappa shape index (κ2) is 43.4. The summed E-state index contributed by atoms with van der Waals surface area (Å²) in [5.74, 6) is -5.13. The Morgan fingerprint density at radius 2 is 0.517 bits per heavy atom. The molecular weight excluding hydrogens is 1410 g/mol. The summed E-state index contributed by atoms with van der Waals surface area (Å²) in [5, 5.41) is 60.9. The predicted octanol–water partition coefficient (Wildman–Crippen LogP) is 7.58. The Balaban J connectivity index is -0.000000406. The van der Waals surface area contributed by atoms with E-state index in [1.165, 1.54) is 73.4 Å². The van der Waals surface area contributed by atoms with E-state index in [1.54, 1.807) is 38.1 Å². The molecule has 0 aliphatic carbocycles. The van der Waals surface area contributed by atoms with Crippen LogP contribution in [0.15, 0.2) is 141 Å². The molecule has 31 heteroatoms. The van der Waals surface area contributed by atoms with Gasteiger partial charge in [0, 0.05) is 48.7 Å². The van der Waals surface area contributed by atoms with E-state index < -0.39 is 82.3 Å². The van der Waals surface area contributed by atoms with E-state index in [-0.39, 0.29) is 122 Å². The van der Waals surface area contributed by atoms with E-state index in [0.29, 0.717) is 22.3 Å². The molecular formula is C58H50Cu4F12N4O11. The van der Waals surface area contributed by atoms with Crippen LogP contribution in [0.5, 0.6) is 11.5 Å². The van der Waals surface area contributed by atoms with Crippen LogP contribution < -0.4 is 30.6 Å². The fourth-order valence-electron chi connectivity index (χ4n) is 6.43. The van der Waals surface area contributed by atoms with E-state index in [1.807, 2.05) is 0 Å².